The van der Waals surface area contributed by atoms with Crippen LogP contribution in [0.1, 0.15) is 0 Å². The molecule has 0 rings (SSSR count). The van der Waals surface area contributed by atoms with Crippen LogP contribution < -0.4 is 34.5 Å². The minimum absolute atomic E-state index is 0. The molecule has 0 bridgehead atoms. The van der Waals surface area contributed by atoms with Crippen molar-refractivity contribution in [1.29, 1.82) is 0 Å². The van der Waals surface area contributed by atoms with Crippen LogP contribution in [0.3, 0.4) is 0 Å². The van der Waals surface area contributed by atoms with Gasteiger partial charge in [-0.05, 0) is 0 Å². The molecule has 3 nitrogen and oxygen atoms in total. The molecule has 0 saturated heterocycles. The third-order valence-electron chi connectivity index (χ3n) is 0.580. The maximum Gasteiger partial charge on any atom is 1.00 e. The second-order valence-corrected chi connectivity index (χ2v) is 2.85. The summed E-state index contributed by atoms with van der Waals surface area (Å²) in [5.41, 5.74) is 0. The Labute approximate surface area is 81.6 Å². The van der Waals surface area contributed by atoms with E-state index in [2.05, 4.69) is 0 Å². The summed E-state index contributed by atoms with van der Waals surface area (Å²) in [6.07, 6.45) is -1.09. The second-order valence-electron chi connectivity index (χ2n) is 1.38. The zero-order valence-electron chi connectivity index (χ0n) is 5.13. The fourth-order valence-corrected chi connectivity index (χ4v) is 1.07. The molecule has 9 heavy (non-hydrogen) atoms. The van der Waals surface area contributed by atoms with Crippen LogP contribution in [0.4, 0.5) is 0 Å². The molecular formula is C3H7ClNaO3P. The number of aliphatic hydroxyl groups is 1. The number of hydrogen-bond donors (Lipinski definition) is 1. The van der Waals surface area contributed by atoms with Crippen LogP contribution in [0.15, 0.2) is 0 Å². The molecular weight excluding hydrogens is 173 g/mol. The fourth-order valence-electron chi connectivity index (χ4n) is 0.247. The largest absolute Gasteiger partial charge is 1.00 e. The Morgan fingerprint density at radius 2 is 2.22 bits per heavy atom. The minimum atomic E-state index is -2.78. The zero-order chi connectivity index (χ0) is 6.57. The number of halogens is 1. The maximum atomic E-state index is 9.82. The Morgan fingerprint density at radius 3 is 2.33 bits per heavy atom. The molecule has 0 fully saturated rings. The van der Waals surface area contributed by atoms with Crippen molar-refractivity contribution in [2.24, 2.45) is 0 Å². The van der Waals surface area contributed by atoms with Gasteiger partial charge in [-0.3, -0.25) is 0 Å². The molecule has 0 aliphatic heterocycles. The Kier molecular flexibility index (Phi) is 11.0. The summed E-state index contributed by atoms with van der Waals surface area (Å²) in [4.78, 5) is 9.82. The minimum Gasteiger partial charge on any atom is -0.802 e. The van der Waals surface area contributed by atoms with Crippen molar-refractivity contribution in [3.8, 4) is 0 Å². The van der Waals surface area contributed by atoms with Gasteiger partial charge >= 0.3 is 29.6 Å². The third-order valence-corrected chi connectivity index (χ3v) is 1.74. The number of aliphatic hydroxyl groups excluding tert-OH is 1. The molecule has 6 heteroatoms. The van der Waals surface area contributed by atoms with Gasteiger partial charge in [-0.15, -0.1) is 11.6 Å². The summed E-state index contributed by atoms with van der Waals surface area (Å²) in [6.45, 7) is 0. The van der Waals surface area contributed by atoms with Gasteiger partial charge in [0.05, 0.1) is 6.10 Å². The van der Waals surface area contributed by atoms with Crippen molar-refractivity contribution in [3.05, 3.63) is 0 Å². The van der Waals surface area contributed by atoms with Gasteiger partial charge in [0, 0.05) is 20.1 Å². The summed E-state index contributed by atoms with van der Waals surface area (Å²) in [7, 11) is -2.78. The van der Waals surface area contributed by atoms with Gasteiger partial charge in [0.25, 0.3) is 0 Å². The van der Waals surface area contributed by atoms with E-state index >= 15 is 0 Å². The summed E-state index contributed by atoms with van der Waals surface area (Å²) in [5.74, 6) is -0.0152. The first-order valence-electron chi connectivity index (χ1n) is 2.10. The monoisotopic (exact) mass is 180 g/mol. The first kappa shape index (κ1) is 13.1. The van der Waals surface area contributed by atoms with Crippen LogP contribution in [-0.2, 0) is 4.57 Å². The van der Waals surface area contributed by atoms with E-state index < -0.39 is 14.1 Å². The average molecular weight is 181 g/mol. The molecule has 0 amide bonds. The Hall–Kier alpha value is 1.44. The van der Waals surface area contributed by atoms with E-state index in [0.29, 0.717) is 0 Å². The molecule has 0 aromatic carbocycles. The molecule has 50 valence electrons. The molecule has 0 aliphatic carbocycles. The van der Waals surface area contributed by atoms with Crippen LogP contribution in [0, 0.1) is 0 Å². The maximum absolute atomic E-state index is 9.82. The van der Waals surface area contributed by atoms with Crippen LogP contribution in [0.25, 0.3) is 0 Å². The summed E-state index contributed by atoms with van der Waals surface area (Å²) in [6, 6.07) is 0. The molecule has 0 saturated carbocycles. The van der Waals surface area contributed by atoms with Gasteiger partial charge in [-0.1, -0.05) is 0 Å². The first-order chi connectivity index (χ1) is 3.66. The SMILES string of the molecule is O=[PH]([O-])CC(O)CCl.[Na+]. The van der Waals surface area contributed by atoms with Crippen LogP contribution in [-0.4, -0.2) is 23.3 Å². The molecule has 1 N–H and O–H groups in total. The van der Waals surface area contributed by atoms with Gasteiger partial charge in [0.2, 0.25) is 0 Å². The van der Waals surface area contributed by atoms with E-state index in [4.69, 9.17) is 16.7 Å². The Balaban J connectivity index is 0. The first-order valence-corrected chi connectivity index (χ1v) is 4.16. The van der Waals surface area contributed by atoms with Gasteiger partial charge in [0.15, 0.2) is 0 Å². The third kappa shape index (κ3) is 9.44. The van der Waals surface area contributed by atoms with E-state index in [1.807, 2.05) is 0 Å². The van der Waals surface area contributed by atoms with E-state index in [-0.39, 0.29) is 41.6 Å². The zero-order valence-corrected chi connectivity index (χ0v) is 8.89. The van der Waals surface area contributed by atoms with Crippen LogP contribution in [0.2, 0.25) is 0 Å². The van der Waals surface area contributed by atoms with E-state index in [1.165, 1.54) is 0 Å². The van der Waals surface area contributed by atoms with Gasteiger partial charge in [-0.25, -0.2) is 0 Å². The van der Waals surface area contributed by atoms with Crippen molar-refractivity contribution in [1.82, 2.24) is 0 Å². The van der Waals surface area contributed by atoms with Crippen molar-refractivity contribution in [2.75, 3.05) is 12.0 Å². The topological polar surface area (TPSA) is 60.4 Å². The van der Waals surface area contributed by atoms with Crippen LogP contribution in [0.5, 0.6) is 0 Å². The van der Waals surface area contributed by atoms with Crippen molar-refractivity contribution >= 4 is 19.6 Å². The number of hydrogen-bond acceptors (Lipinski definition) is 3. The molecule has 2 unspecified atom stereocenters. The molecule has 0 heterocycles. The number of rotatable bonds is 3. The quantitative estimate of drug-likeness (QED) is 0.278. The fraction of sp³-hybridized carbons (Fsp3) is 1.00. The van der Waals surface area contributed by atoms with Gasteiger partial charge < -0.3 is 14.6 Å². The van der Waals surface area contributed by atoms with Crippen molar-refractivity contribution in [2.45, 2.75) is 6.10 Å². The molecule has 2 atom stereocenters. The predicted octanol–water partition coefficient (Wildman–Crippen LogP) is -3.57. The number of alkyl halides is 1. The Morgan fingerprint density at radius 1 is 1.78 bits per heavy atom. The van der Waals surface area contributed by atoms with Crippen molar-refractivity contribution < 1.29 is 44.1 Å². The van der Waals surface area contributed by atoms with Crippen molar-refractivity contribution in [3.63, 3.8) is 0 Å². The molecule has 0 aromatic heterocycles. The molecule has 0 aromatic rings. The average Bonchev–Trinajstić information content (AvgIpc) is 1.65. The molecule has 0 spiro atoms. The summed E-state index contributed by atoms with van der Waals surface area (Å²) >= 11 is 5.08. The summed E-state index contributed by atoms with van der Waals surface area (Å²) in [5, 5.41) is 8.52. The molecule has 0 radical (unpaired) electrons. The molecule has 0 aliphatic rings. The van der Waals surface area contributed by atoms with Crippen LogP contribution >= 0.6 is 19.6 Å². The van der Waals surface area contributed by atoms with Gasteiger partial charge in [-0.2, -0.15) is 0 Å². The smallest absolute Gasteiger partial charge is 0.802 e. The predicted molar refractivity (Wildman–Crippen MR) is 30.6 cm³/mol. The standard InChI is InChI=1S/C3H8ClO3P.Na/c4-1-3(5)2-8(6)7;/h3,5,8H,1-2H2,(H,6,7);/q;+1/p-1. The summed E-state index contributed by atoms with van der Waals surface area (Å²) < 4.78 is 9.82. The Bertz CT molecular complexity index is 91.1. The van der Waals surface area contributed by atoms with E-state index in [0.717, 1.165) is 0 Å². The van der Waals surface area contributed by atoms with E-state index in [9.17, 15) is 9.46 Å². The van der Waals surface area contributed by atoms with E-state index in [1.54, 1.807) is 0 Å². The normalized spacial score (nSPS) is 15.9. The second kappa shape index (κ2) is 7.55. The van der Waals surface area contributed by atoms with Gasteiger partial charge in [0.1, 0.15) is 0 Å².